The molecule has 0 spiro atoms. The van der Waals surface area contributed by atoms with Crippen LogP contribution >= 0.6 is 0 Å². The molecule has 0 bridgehead atoms. The molecule has 0 aromatic carbocycles. The second-order valence-electron chi connectivity index (χ2n) is 4.44. The predicted octanol–water partition coefficient (Wildman–Crippen LogP) is 0.753. The number of nitrogens with zero attached hydrogens (tertiary/aromatic N) is 2. The zero-order valence-corrected chi connectivity index (χ0v) is 9.33. The number of alkyl halides is 1. The zero-order chi connectivity index (χ0) is 10.9. The molecule has 1 amide bonds. The summed E-state index contributed by atoms with van der Waals surface area (Å²) in [7, 11) is 3.70. The van der Waals surface area contributed by atoms with E-state index in [1.54, 1.807) is 4.90 Å². The van der Waals surface area contributed by atoms with Crippen LogP contribution in [-0.4, -0.2) is 55.1 Å². The first-order chi connectivity index (χ1) is 6.43. The van der Waals surface area contributed by atoms with E-state index in [0.717, 1.165) is 0 Å². The predicted molar refractivity (Wildman–Crippen MR) is 53.8 cm³/mol. The molecule has 0 N–H and O–H groups in total. The Bertz CT molecular complexity index is 218. The van der Waals surface area contributed by atoms with E-state index in [-0.39, 0.29) is 24.4 Å². The molecule has 0 saturated carbocycles. The van der Waals surface area contributed by atoms with Crippen LogP contribution in [0.15, 0.2) is 0 Å². The number of rotatable bonds is 2. The number of amides is 1. The van der Waals surface area contributed by atoms with Crippen LogP contribution < -0.4 is 0 Å². The number of halogens is 1. The summed E-state index contributed by atoms with van der Waals surface area (Å²) in [5.41, 5.74) is 0. The Balaban J connectivity index is 2.59. The van der Waals surface area contributed by atoms with Crippen LogP contribution in [0.4, 0.5) is 4.39 Å². The molecule has 0 radical (unpaired) electrons. The third-order valence-corrected chi connectivity index (χ3v) is 2.69. The number of likely N-dealkylation sites (tertiary alicyclic amines) is 1. The maximum atomic E-state index is 13.5. The zero-order valence-electron chi connectivity index (χ0n) is 9.33. The van der Waals surface area contributed by atoms with Gasteiger partial charge in [-0.1, -0.05) is 13.8 Å². The molecule has 1 aliphatic rings. The normalized spacial score (nSPS) is 27.8. The Morgan fingerprint density at radius 3 is 2.36 bits per heavy atom. The Morgan fingerprint density at radius 1 is 1.43 bits per heavy atom. The number of carbonyl (C=O) groups excluding carboxylic acids is 1. The summed E-state index contributed by atoms with van der Waals surface area (Å²) in [4.78, 5) is 15.1. The van der Waals surface area contributed by atoms with E-state index in [1.807, 2.05) is 32.8 Å². The molecule has 2 atom stereocenters. The van der Waals surface area contributed by atoms with Crippen molar-refractivity contribution in [1.82, 2.24) is 9.80 Å². The van der Waals surface area contributed by atoms with Gasteiger partial charge in [0.2, 0.25) is 5.91 Å². The molecule has 0 aromatic heterocycles. The third kappa shape index (κ3) is 2.23. The Hall–Kier alpha value is -0.640. The van der Waals surface area contributed by atoms with Crippen molar-refractivity contribution in [3.8, 4) is 0 Å². The van der Waals surface area contributed by atoms with Gasteiger partial charge in [-0.3, -0.25) is 4.79 Å². The molecular weight excluding hydrogens is 183 g/mol. The van der Waals surface area contributed by atoms with Crippen molar-refractivity contribution >= 4 is 5.91 Å². The lowest BCUT2D eigenvalue weighted by atomic mass is 10.2. The van der Waals surface area contributed by atoms with Gasteiger partial charge in [-0.15, -0.1) is 0 Å². The highest BCUT2D eigenvalue weighted by Gasteiger charge is 2.36. The van der Waals surface area contributed by atoms with Gasteiger partial charge < -0.3 is 9.80 Å². The quantitative estimate of drug-likeness (QED) is 0.660. The van der Waals surface area contributed by atoms with E-state index < -0.39 is 6.17 Å². The number of carbonyl (C=O) groups is 1. The average Bonchev–Trinajstić information content (AvgIpc) is 2.45. The van der Waals surface area contributed by atoms with E-state index in [9.17, 15) is 9.18 Å². The maximum Gasteiger partial charge on any atom is 0.225 e. The van der Waals surface area contributed by atoms with Gasteiger partial charge in [0.15, 0.2) is 0 Å². The van der Waals surface area contributed by atoms with Gasteiger partial charge >= 0.3 is 0 Å². The Kier molecular flexibility index (Phi) is 3.48. The number of hydrogen-bond donors (Lipinski definition) is 0. The van der Waals surface area contributed by atoms with Crippen LogP contribution in [0.3, 0.4) is 0 Å². The highest BCUT2D eigenvalue weighted by atomic mass is 19.1. The molecule has 0 aromatic rings. The first-order valence-electron chi connectivity index (χ1n) is 5.02. The van der Waals surface area contributed by atoms with Crippen LogP contribution in [0.5, 0.6) is 0 Å². The van der Waals surface area contributed by atoms with Crippen molar-refractivity contribution in [2.75, 3.05) is 27.2 Å². The summed E-state index contributed by atoms with van der Waals surface area (Å²) in [5.74, 6) is 0.0140. The van der Waals surface area contributed by atoms with Crippen molar-refractivity contribution in [1.29, 1.82) is 0 Å². The molecule has 4 heteroatoms. The molecule has 3 nitrogen and oxygen atoms in total. The van der Waals surface area contributed by atoms with Crippen molar-refractivity contribution in [2.45, 2.75) is 26.1 Å². The van der Waals surface area contributed by atoms with Gasteiger partial charge in [-0.25, -0.2) is 4.39 Å². The first kappa shape index (κ1) is 11.4. The van der Waals surface area contributed by atoms with Gasteiger partial charge in [-0.2, -0.15) is 0 Å². The van der Waals surface area contributed by atoms with Gasteiger partial charge in [0.05, 0.1) is 12.6 Å². The molecule has 1 fully saturated rings. The fourth-order valence-corrected chi connectivity index (χ4v) is 1.78. The second kappa shape index (κ2) is 4.26. The number of hydrogen-bond acceptors (Lipinski definition) is 2. The maximum absolute atomic E-state index is 13.5. The largest absolute Gasteiger partial charge is 0.338 e. The summed E-state index contributed by atoms with van der Waals surface area (Å²) in [6.45, 7) is 4.46. The first-order valence-corrected chi connectivity index (χ1v) is 5.02. The van der Waals surface area contributed by atoms with E-state index in [1.165, 1.54) is 0 Å². The standard InChI is InChI=1S/C10H19FN2O/c1-7(2)10(14)13-5-8(11)9(6-13)12(3)4/h7-9H,5-6H2,1-4H3. The molecule has 0 aliphatic carbocycles. The van der Waals surface area contributed by atoms with Crippen molar-refractivity contribution in [2.24, 2.45) is 5.92 Å². The van der Waals surface area contributed by atoms with E-state index in [2.05, 4.69) is 0 Å². The van der Waals surface area contributed by atoms with Crippen LogP contribution in [0.1, 0.15) is 13.8 Å². The van der Waals surface area contributed by atoms with Crippen molar-refractivity contribution < 1.29 is 9.18 Å². The third-order valence-electron chi connectivity index (χ3n) is 2.69. The van der Waals surface area contributed by atoms with E-state index >= 15 is 0 Å². The fourth-order valence-electron chi connectivity index (χ4n) is 1.78. The molecular formula is C10H19FN2O. The fraction of sp³-hybridized carbons (Fsp3) is 0.900. The minimum atomic E-state index is -0.910. The molecule has 14 heavy (non-hydrogen) atoms. The lowest BCUT2D eigenvalue weighted by molar-refractivity contribution is -0.133. The lowest BCUT2D eigenvalue weighted by Gasteiger charge is -2.21. The summed E-state index contributed by atoms with van der Waals surface area (Å²) >= 11 is 0. The molecule has 82 valence electrons. The monoisotopic (exact) mass is 202 g/mol. The van der Waals surface area contributed by atoms with Gasteiger partial charge in [0.1, 0.15) is 6.17 Å². The second-order valence-corrected chi connectivity index (χ2v) is 4.44. The molecule has 1 rings (SSSR count). The molecule has 1 aliphatic heterocycles. The highest BCUT2D eigenvalue weighted by molar-refractivity contribution is 5.78. The lowest BCUT2D eigenvalue weighted by Crippen LogP contribution is -2.37. The van der Waals surface area contributed by atoms with Crippen LogP contribution in [0.25, 0.3) is 0 Å². The van der Waals surface area contributed by atoms with E-state index in [4.69, 9.17) is 0 Å². The van der Waals surface area contributed by atoms with Crippen LogP contribution in [0.2, 0.25) is 0 Å². The van der Waals surface area contributed by atoms with Gasteiger partial charge in [0, 0.05) is 12.5 Å². The topological polar surface area (TPSA) is 23.6 Å². The molecule has 2 unspecified atom stereocenters. The molecule has 1 saturated heterocycles. The van der Waals surface area contributed by atoms with Crippen LogP contribution in [0, 0.1) is 5.92 Å². The number of likely N-dealkylation sites (N-methyl/N-ethyl adjacent to an activating group) is 1. The minimum Gasteiger partial charge on any atom is -0.338 e. The van der Waals surface area contributed by atoms with Gasteiger partial charge in [-0.05, 0) is 14.1 Å². The SMILES string of the molecule is CC(C)C(=O)N1CC(F)C(N(C)C)C1. The summed E-state index contributed by atoms with van der Waals surface area (Å²) in [5, 5.41) is 0. The Labute approximate surface area is 84.9 Å². The minimum absolute atomic E-state index is 0.0388. The van der Waals surface area contributed by atoms with Crippen molar-refractivity contribution in [3.05, 3.63) is 0 Å². The van der Waals surface area contributed by atoms with Crippen molar-refractivity contribution in [3.63, 3.8) is 0 Å². The smallest absolute Gasteiger partial charge is 0.225 e. The summed E-state index contributed by atoms with van der Waals surface area (Å²) in [6.07, 6.45) is -0.910. The highest BCUT2D eigenvalue weighted by Crippen LogP contribution is 2.18. The molecule has 1 heterocycles. The summed E-state index contributed by atoms with van der Waals surface area (Å²) in [6, 6.07) is -0.141. The van der Waals surface area contributed by atoms with E-state index in [0.29, 0.717) is 6.54 Å². The average molecular weight is 202 g/mol. The van der Waals surface area contributed by atoms with Crippen LogP contribution in [-0.2, 0) is 4.79 Å². The van der Waals surface area contributed by atoms with Gasteiger partial charge in [0.25, 0.3) is 0 Å². The Morgan fingerprint density at radius 2 is 2.00 bits per heavy atom. The summed E-state index contributed by atoms with van der Waals surface area (Å²) < 4.78 is 13.5.